The maximum absolute atomic E-state index is 11.6. The molecule has 1 aliphatic heterocycles. The number of carbonyl (C=O) groups is 1. The standard InChI is InChI=1S/C18H23N3O3.C2H7N/c1-11-12(2)20-13(3)16(18(11)21(23)24)9-17(19-4)15-7-5-6-14(8-15)10-22;1-3-2/h5-8,10,17-20H,9H2,1-4H3;3H,1-2H3. The molecule has 3 N–H and O–H groups in total. The van der Waals surface area contributed by atoms with Gasteiger partial charge in [-0.2, -0.15) is 0 Å². The number of hydrogen-bond donors (Lipinski definition) is 3. The van der Waals surface area contributed by atoms with Gasteiger partial charge >= 0.3 is 0 Å². The van der Waals surface area contributed by atoms with Crippen molar-refractivity contribution in [1.29, 1.82) is 0 Å². The van der Waals surface area contributed by atoms with Crippen LogP contribution in [-0.2, 0) is 0 Å². The number of benzene rings is 1. The molecule has 0 aromatic heterocycles. The maximum atomic E-state index is 11.6. The van der Waals surface area contributed by atoms with Gasteiger partial charge < -0.3 is 16.0 Å². The summed E-state index contributed by atoms with van der Waals surface area (Å²) in [5.74, 6) is 0. The number of rotatable bonds is 6. The Morgan fingerprint density at radius 1 is 1.22 bits per heavy atom. The number of carbonyl (C=O) groups excluding carboxylic acids is 1. The second-order valence-corrected chi connectivity index (χ2v) is 6.60. The zero-order valence-corrected chi connectivity index (χ0v) is 16.9. The Hall–Kier alpha value is -2.51. The molecule has 0 fully saturated rings. The molecule has 0 saturated heterocycles. The van der Waals surface area contributed by atoms with Crippen LogP contribution >= 0.6 is 0 Å². The number of aldehydes is 1. The summed E-state index contributed by atoms with van der Waals surface area (Å²) in [5, 5.41) is 20.8. The highest BCUT2D eigenvalue weighted by Crippen LogP contribution is 2.32. The van der Waals surface area contributed by atoms with Crippen LogP contribution in [0.25, 0.3) is 0 Å². The third-order valence-corrected chi connectivity index (χ3v) is 4.62. The Bertz CT molecular complexity index is 740. The summed E-state index contributed by atoms with van der Waals surface area (Å²) >= 11 is 0. The van der Waals surface area contributed by atoms with Crippen molar-refractivity contribution in [2.45, 2.75) is 39.3 Å². The zero-order valence-electron chi connectivity index (χ0n) is 16.9. The number of nitrogens with one attached hydrogen (secondary N) is 3. The minimum absolute atomic E-state index is 0.106. The van der Waals surface area contributed by atoms with E-state index in [0.29, 0.717) is 12.0 Å². The van der Waals surface area contributed by atoms with Crippen LogP contribution in [0.1, 0.15) is 49.2 Å². The minimum atomic E-state index is -0.809. The highest BCUT2D eigenvalue weighted by atomic mass is 16.6. The van der Waals surface area contributed by atoms with Gasteiger partial charge in [-0.3, -0.25) is 14.9 Å². The molecule has 1 aliphatic rings. The fraction of sp³-hybridized carbons (Fsp3) is 0.450. The number of nitro groups is 1. The minimum Gasteiger partial charge on any atom is -0.362 e. The van der Waals surface area contributed by atoms with E-state index in [2.05, 4.69) is 16.0 Å². The molecule has 2 unspecified atom stereocenters. The van der Waals surface area contributed by atoms with Crippen molar-refractivity contribution >= 4 is 6.29 Å². The van der Waals surface area contributed by atoms with Gasteiger partial charge in [0, 0.05) is 39.1 Å². The molecule has 0 spiro atoms. The molecule has 0 bridgehead atoms. The topological polar surface area (TPSA) is 96.3 Å². The van der Waals surface area contributed by atoms with Crippen LogP contribution in [0.5, 0.6) is 0 Å². The van der Waals surface area contributed by atoms with Crippen molar-refractivity contribution in [3.8, 4) is 0 Å². The van der Waals surface area contributed by atoms with Crippen molar-refractivity contribution in [3.63, 3.8) is 0 Å². The summed E-state index contributed by atoms with van der Waals surface area (Å²) in [7, 11) is 5.57. The van der Waals surface area contributed by atoms with E-state index in [1.807, 2.05) is 53.2 Å². The number of hydrogen-bond acceptors (Lipinski definition) is 6. The Morgan fingerprint density at radius 2 is 1.85 bits per heavy atom. The molecule has 27 heavy (non-hydrogen) atoms. The van der Waals surface area contributed by atoms with Gasteiger partial charge in [0.15, 0.2) is 0 Å². The number of nitrogens with zero attached hydrogens (tertiary/aromatic N) is 1. The molecule has 0 amide bonds. The van der Waals surface area contributed by atoms with E-state index < -0.39 is 6.04 Å². The van der Waals surface area contributed by atoms with E-state index in [1.165, 1.54) is 0 Å². The Labute approximate surface area is 161 Å². The van der Waals surface area contributed by atoms with Crippen molar-refractivity contribution in [3.05, 3.63) is 68.0 Å². The normalized spacial score (nSPS) is 17.6. The number of dihydropyridines is 1. The Kier molecular flexibility index (Phi) is 8.84. The fourth-order valence-electron chi connectivity index (χ4n) is 3.14. The van der Waals surface area contributed by atoms with Gasteiger partial charge in [-0.25, -0.2) is 0 Å². The van der Waals surface area contributed by atoms with E-state index in [9.17, 15) is 14.9 Å². The van der Waals surface area contributed by atoms with Gasteiger partial charge in [0.05, 0.1) is 0 Å². The van der Waals surface area contributed by atoms with Crippen molar-refractivity contribution < 1.29 is 9.72 Å². The highest BCUT2D eigenvalue weighted by Gasteiger charge is 2.35. The second kappa shape index (κ2) is 10.6. The number of allylic oxidation sites excluding steroid dienone is 2. The molecule has 1 heterocycles. The van der Waals surface area contributed by atoms with Gasteiger partial charge in [-0.1, -0.05) is 18.2 Å². The largest absolute Gasteiger partial charge is 0.362 e. The molecule has 0 radical (unpaired) electrons. The molecule has 1 aromatic rings. The lowest BCUT2D eigenvalue weighted by atomic mass is 9.87. The average Bonchev–Trinajstić information content (AvgIpc) is 2.63. The molecular formula is C20H30N4O3. The van der Waals surface area contributed by atoms with Crippen LogP contribution in [0.15, 0.2) is 46.8 Å². The lowest BCUT2D eigenvalue weighted by Gasteiger charge is -2.28. The van der Waals surface area contributed by atoms with Gasteiger partial charge in [0.25, 0.3) is 6.04 Å². The SMILES string of the molecule is CNC.CNC(CC1=C(C)NC(C)=C(C)C1[N+](=O)[O-])c1cccc(C=O)c1. The van der Waals surface area contributed by atoms with Crippen LogP contribution in [0, 0.1) is 10.1 Å². The molecule has 0 saturated carbocycles. The van der Waals surface area contributed by atoms with E-state index in [0.717, 1.165) is 34.4 Å². The fourth-order valence-corrected chi connectivity index (χ4v) is 3.14. The van der Waals surface area contributed by atoms with E-state index in [4.69, 9.17) is 0 Å². The van der Waals surface area contributed by atoms with E-state index in [1.54, 1.807) is 13.0 Å². The average molecular weight is 374 g/mol. The molecule has 2 atom stereocenters. The molecule has 0 aliphatic carbocycles. The predicted octanol–water partition coefficient (Wildman–Crippen LogP) is 2.80. The monoisotopic (exact) mass is 374 g/mol. The Morgan fingerprint density at radius 3 is 2.37 bits per heavy atom. The quantitative estimate of drug-likeness (QED) is 0.402. The van der Waals surface area contributed by atoms with Crippen LogP contribution in [0.3, 0.4) is 0 Å². The van der Waals surface area contributed by atoms with E-state index in [-0.39, 0.29) is 11.0 Å². The Balaban J connectivity index is 0.00000114. The van der Waals surface area contributed by atoms with Crippen molar-refractivity contribution in [2.24, 2.45) is 0 Å². The third-order valence-electron chi connectivity index (χ3n) is 4.62. The highest BCUT2D eigenvalue weighted by molar-refractivity contribution is 5.75. The summed E-state index contributed by atoms with van der Waals surface area (Å²) in [6, 6.07) is 6.39. The summed E-state index contributed by atoms with van der Waals surface area (Å²) in [4.78, 5) is 22.4. The summed E-state index contributed by atoms with van der Waals surface area (Å²) < 4.78 is 0. The summed E-state index contributed by atoms with van der Waals surface area (Å²) in [6.45, 7) is 5.52. The first-order valence-corrected chi connectivity index (χ1v) is 8.89. The first-order valence-electron chi connectivity index (χ1n) is 8.89. The van der Waals surface area contributed by atoms with Crippen LogP contribution < -0.4 is 16.0 Å². The van der Waals surface area contributed by atoms with Crippen LogP contribution in [-0.4, -0.2) is 38.4 Å². The first kappa shape index (κ1) is 22.5. The molecule has 1 aromatic carbocycles. The van der Waals surface area contributed by atoms with Gasteiger partial charge in [0.1, 0.15) is 6.29 Å². The van der Waals surface area contributed by atoms with Gasteiger partial charge in [0.2, 0.25) is 0 Å². The van der Waals surface area contributed by atoms with E-state index >= 15 is 0 Å². The summed E-state index contributed by atoms with van der Waals surface area (Å²) in [6.07, 6.45) is 1.30. The second-order valence-electron chi connectivity index (χ2n) is 6.60. The maximum Gasteiger partial charge on any atom is 0.258 e. The van der Waals surface area contributed by atoms with Crippen LogP contribution in [0.4, 0.5) is 0 Å². The molecule has 2 rings (SSSR count). The molecule has 7 nitrogen and oxygen atoms in total. The first-order chi connectivity index (χ1) is 12.8. The third kappa shape index (κ3) is 5.74. The lowest BCUT2D eigenvalue weighted by molar-refractivity contribution is -0.503. The van der Waals surface area contributed by atoms with Crippen molar-refractivity contribution in [1.82, 2.24) is 16.0 Å². The van der Waals surface area contributed by atoms with Crippen molar-refractivity contribution in [2.75, 3.05) is 21.1 Å². The smallest absolute Gasteiger partial charge is 0.258 e. The van der Waals surface area contributed by atoms with Gasteiger partial charge in [-0.15, -0.1) is 0 Å². The van der Waals surface area contributed by atoms with Gasteiger partial charge in [-0.05, 0) is 60.0 Å². The van der Waals surface area contributed by atoms with Crippen LogP contribution in [0.2, 0.25) is 0 Å². The lowest BCUT2D eigenvalue weighted by Crippen LogP contribution is -2.35. The molecule has 148 valence electrons. The molecular weight excluding hydrogens is 344 g/mol. The zero-order chi connectivity index (χ0) is 20.6. The summed E-state index contributed by atoms with van der Waals surface area (Å²) in [5.41, 5.74) is 4.69. The predicted molar refractivity (Wildman–Crippen MR) is 108 cm³/mol. The molecule has 7 heteroatoms.